The van der Waals surface area contributed by atoms with Gasteiger partial charge < -0.3 is 9.47 Å². The number of hydrogen-bond acceptors (Lipinski definition) is 3. The first-order valence-electron chi connectivity index (χ1n) is 18.1. The van der Waals surface area contributed by atoms with E-state index >= 15 is 4.79 Å². The van der Waals surface area contributed by atoms with Crippen LogP contribution in [-0.2, 0) is 0 Å². The molecular weight excluding hydrogens is 638 g/mol. The number of carbonyl (C=O) groups excluding carboxylic acids is 1. The van der Waals surface area contributed by atoms with Crippen LogP contribution in [0.5, 0.6) is 23.0 Å². The van der Waals surface area contributed by atoms with Gasteiger partial charge in [0.1, 0.15) is 23.0 Å². The Morgan fingerprint density at radius 2 is 0.904 bits per heavy atom. The summed E-state index contributed by atoms with van der Waals surface area (Å²) in [6, 6.07) is 34.0. The van der Waals surface area contributed by atoms with E-state index in [4.69, 9.17) is 9.47 Å². The number of fused-ring (bicyclic) bond motifs is 4. The molecule has 5 aliphatic rings. The molecule has 0 aromatic heterocycles. The van der Waals surface area contributed by atoms with Gasteiger partial charge in [-0.2, -0.15) is 0 Å². The second kappa shape index (κ2) is 10.1. The van der Waals surface area contributed by atoms with Crippen molar-refractivity contribution < 1.29 is 14.3 Å². The minimum absolute atomic E-state index is 0.0762. The van der Waals surface area contributed by atoms with E-state index in [-0.39, 0.29) is 19.5 Å². The molecule has 248 valence electrons. The maximum atomic E-state index is 15.7. The number of anilines is 2. The lowest BCUT2D eigenvalue weighted by Gasteiger charge is -2.49. The van der Waals surface area contributed by atoms with Gasteiger partial charge in [-0.3, -0.25) is 9.80 Å². The van der Waals surface area contributed by atoms with Crippen molar-refractivity contribution in [1.82, 2.24) is 0 Å². The van der Waals surface area contributed by atoms with E-state index in [1.54, 1.807) is 0 Å². The van der Waals surface area contributed by atoms with Gasteiger partial charge in [-0.1, -0.05) is 72.8 Å². The van der Waals surface area contributed by atoms with Gasteiger partial charge in [-0.15, -0.1) is 0 Å². The van der Waals surface area contributed by atoms with Crippen LogP contribution in [0.4, 0.5) is 16.2 Å². The molecule has 6 aromatic carbocycles. The van der Waals surface area contributed by atoms with Crippen LogP contribution >= 0.6 is 0 Å². The summed E-state index contributed by atoms with van der Waals surface area (Å²) in [5, 5.41) is 2.06. The molecule has 5 nitrogen and oxygen atoms in total. The van der Waals surface area contributed by atoms with Gasteiger partial charge in [-0.05, 0) is 137 Å². The lowest BCUT2D eigenvalue weighted by atomic mass is 9.31. The Morgan fingerprint density at radius 3 is 1.33 bits per heavy atom. The third-order valence-electron chi connectivity index (χ3n) is 12.2. The monoisotopic (exact) mass is 672 g/mol. The molecule has 0 N–H and O–H groups in total. The topological polar surface area (TPSA) is 42.0 Å². The first-order chi connectivity index (χ1) is 25.2. The minimum Gasteiger partial charge on any atom is -0.458 e. The van der Waals surface area contributed by atoms with Gasteiger partial charge in [0.15, 0.2) is 0 Å². The Morgan fingerprint density at radius 1 is 0.500 bits per heavy atom. The molecule has 7 heteroatoms. The van der Waals surface area contributed by atoms with Crippen molar-refractivity contribution in [3.05, 3.63) is 142 Å². The molecule has 2 amide bonds. The molecule has 5 aliphatic heterocycles. The summed E-state index contributed by atoms with van der Waals surface area (Å²) in [7, 11) is 0. The molecule has 0 bridgehead atoms. The van der Waals surface area contributed by atoms with E-state index in [1.165, 1.54) is 33.4 Å². The summed E-state index contributed by atoms with van der Waals surface area (Å²) in [6.07, 6.45) is 0. The normalized spacial score (nSPS) is 15.9. The predicted octanol–water partition coefficient (Wildman–Crippen LogP) is 8.22. The zero-order chi connectivity index (χ0) is 35.3. The Kier molecular flexibility index (Phi) is 5.78. The number of urea groups is 1. The van der Waals surface area contributed by atoms with Crippen LogP contribution in [0.15, 0.2) is 108 Å². The zero-order valence-corrected chi connectivity index (χ0v) is 30.0. The highest BCUT2D eigenvalue weighted by Gasteiger charge is 2.53. The summed E-state index contributed by atoms with van der Waals surface area (Å²) in [5.74, 6) is 3.27. The molecule has 11 rings (SSSR count). The van der Waals surface area contributed by atoms with Gasteiger partial charge in [0, 0.05) is 16.8 Å². The molecule has 0 unspecified atom stereocenters. The largest absolute Gasteiger partial charge is 0.458 e. The highest BCUT2D eigenvalue weighted by Crippen LogP contribution is 2.54. The molecule has 6 aromatic rings. The molecule has 0 aliphatic carbocycles. The predicted molar refractivity (Wildman–Crippen MR) is 214 cm³/mol. The molecular formula is C45H34B2N2O3. The Bertz CT molecular complexity index is 2540. The lowest BCUT2D eigenvalue weighted by molar-refractivity contribution is 0.254. The van der Waals surface area contributed by atoms with E-state index in [0.717, 1.165) is 89.3 Å². The fraction of sp³-hybridized carbons (Fsp3) is 0.133. The van der Waals surface area contributed by atoms with Crippen LogP contribution < -0.4 is 41.1 Å². The number of benzene rings is 6. The van der Waals surface area contributed by atoms with Crippen molar-refractivity contribution in [2.45, 2.75) is 41.5 Å². The number of hydrogen-bond donors (Lipinski definition) is 0. The van der Waals surface area contributed by atoms with E-state index in [9.17, 15) is 0 Å². The quantitative estimate of drug-likeness (QED) is 0.174. The first kappa shape index (κ1) is 29.8. The number of rotatable bonds is 2. The van der Waals surface area contributed by atoms with Gasteiger partial charge in [0.2, 0.25) is 0 Å². The standard InChI is InChI=1S/C45H34B2N2O3/c1-23-13-11-14-24(2)36(23)39-27(5)48-43-38-29(21-34-41(43)46(39)30-17-7-9-19-32(30)51-34)22-35-42-44(38)49(45(48)50)28(6)40(37-25(3)15-12-16-26(37)4)47(42)31-18-8-10-20-33(31)52-35/h7-22H,1-6H3. The molecule has 5 heterocycles. The van der Waals surface area contributed by atoms with Crippen molar-refractivity contribution in [2.24, 2.45) is 0 Å². The van der Waals surface area contributed by atoms with Gasteiger partial charge in [0.05, 0.1) is 11.4 Å². The SMILES string of the molecule is CC1=C(c2c(C)cccc2C)B2c3ccccc3Oc3cc4cc5c6c7c4c(c32)N1C(=O)N7C(C)=C(c1c(C)cccc1C)B6c1ccccc1O5. The van der Waals surface area contributed by atoms with Crippen LogP contribution in [0, 0.1) is 27.7 Å². The molecule has 0 fully saturated rings. The zero-order valence-electron chi connectivity index (χ0n) is 30.0. The van der Waals surface area contributed by atoms with Gasteiger partial charge in [0.25, 0.3) is 13.4 Å². The number of amides is 2. The minimum atomic E-state index is -0.115. The van der Waals surface area contributed by atoms with Gasteiger partial charge >= 0.3 is 6.03 Å². The van der Waals surface area contributed by atoms with Crippen molar-refractivity contribution in [3.8, 4) is 23.0 Å². The van der Waals surface area contributed by atoms with Crippen molar-refractivity contribution in [1.29, 1.82) is 0 Å². The lowest BCUT2D eigenvalue weighted by Crippen LogP contribution is -2.61. The maximum Gasteiger partial charge on any atom is 0.337 e. The summed E-state index contributed by atoms with van der Waals surface area (Å²) in [6.45, 7) is 12.8. The van der Waals surface area contributed by atoms with E-state index in [1.807, 2.05) is 21.9 Å². The fourth-order valence-corrected chi connectivity index (χ4v) is 10.2. The van der Waals surface area contributed by atoms with E-state index in [2.05, 4.69) is 126 Å². The van der Waals surface area contributed by atoms with E-state index in [0.29, 0.717) is 0 Å². The van der Waals surface area contributed by atoms with Crippen LogP contribution in [0.1, 0.15) is 47.2 Å². The third kappa shape index (κ3) is 3.53. The second-order valence-corrected chi connectivity index (χ2v) is 15.0. The van der Waals surface area contributed by atoms with Crippen molar-refractivity contribution in [2.75, 3.05) is 9.80 Å². The van der Waals surface area contributed by atoms with Crippen LogP contribution in [-0.4, -0.2) is 19.5 Å². The van der Waals surface area contributed by atoms with Crippen LogP contribution in [0.2, 0.25) is 0 Å². The third-order valence-corrected chi connectivity index (χ3v) is 12.2. The average Bonchev–Trinajstić information content (AvgIpc) is 3.12. The molecule has 0 saturated carbocycles. The highest BCUT2D eigenvalue weighted by molar-refractivity contribution is 7.04. The van der Waals surface area contributed by atoms with Crippen LogP contribution in [0.25, 0.3) is 21.7 Å². The number of para-hydroxylation sites is 2. The number of ether oxygens (including phenoxy) is 2. The van der Waals surface area contributed by atoms with Crippen LogP contribution in [0.3, 0.4) is 0 Å². The molecule has 0 atom stereocenters. The van der Waals surface area contributed by atoms with Gasteiger partial charge in [-0.25, -0.2) is 4.79 Å². The highest BCUT2D eigenvalue weighted by atomic mass is 16.5. The second-order valence-electron chi connectivity index (χ2n) is 15.0. The molecule has 0 saturated heterocycles. The fourth-order valence-electron chi connectivity index (χ4n) is 10.2. The number of allylic oxidation sites excluding steroid dienone is 2. The Labute approximate surface area is 304 Å². The van der Waals surface area contributed by atoms with E-state index < -0.39 is 0 Å². The number of aryl methyl sites for hydroxylation is 4. The van der Waals surface area contributed by atoms with Crippen molar-refractivity contribution >= 4 is 74.4 Å². The summed E-state index contributed by atoms with van der Waals surface area (Å²) < 4.78 is 13.6. The first-order valence-corrected chi connectivity index (χ1v) is 18.1. The van der Waals surface area contributed by atoms with Crippen molar-refractivity contribution in [3.63, 3.8) is 0 Å². The maximum absolute atomic E-state index is 15.7. The Balaban J connectivity index is 1.32. The molecule has 52 heavy (non-hydrogen) atoms. The Hall–Kier alpha value is -5.94. The summed E-state index contributed by atoms with van der Waals surface area (Å²) in [4.78, 5) is 19.7. The number of nitrogens with zero attached hydrogens (tertiary/aromatic N) is 2. The molecule has 0 radical (unpaired) electrons. The smallest absolute Gasteiger partial charge is 0.337 e. The summed E-state index contributed by atoms with van der Waals surface area (Å²) >= 11 is 0. The average molecular weight is 672 g/mol. The molecule has 0 spiro atoms. The summed E-state index contributed by atoms with van der Waals surface area (Å²) in [5.41, 5.74) is 17.5. The number of carbonyl (C=O) groups is 1.